The average Bonchev–Trinajstić information content (AvgIpc) is 2.24. The first-order valence-corrected chi connectivity index (χ1v) is 5.16. The molecule has 19 heavy (non-hydrogen) atoms. The van der Waals surface area contributed by atoms with E-state index in [2.05, 4.69) is 0 Å². The van der Waals surface area contributed by atoms with E-state index < -0.39 is 18.0 Å². The number of alkyl halides is 5. The van der Waals surface area contributed by atoms with Gasteiger partial charge in [-0.1, -0.05) is 11.6 Å². The van der Waals surface area contributed by atoms with E-state index in [0.717, 1.165) is 6.07 Å². The third kappa shape index (κ3) is 3.06. The lowest BCUT2D eigenvalue weighted by molar-refractivity contribution is -0.267. The Balaban J connectivity index is 3.05. The number of nitrogen functional groups attached to an aromatic ring is 1. The summed E-state index contributed by atoms with van der Waals surface area (Å²) < 4.78 is 61.4. The number of amides is 1. The van der Waals surface area contributed by atoms with Gasteiger partial charge < -0.3 is 11.1 Å². The Hall–Kier alpha value is -1.57. The molecule has 0 unspecified atom stereocenters. The van der Waals surface area contributed by atoms with Crippen molar-refractivity contribution in [1.29, 1.82) is 0 Å². The molecule has 0 aliphatic carbocycles. The number of nitrogens with two attached hydrogens (primary N) is 1. The predicted octanol–water partition coefficient (Wildman–Crippen LogP) is 3.37. The number of aryl methyl sites for hydroxylation is 1. The summed E-state index contributed by atoms with van der Waals surface area (Å²) in [6, 6.07) is 2.24. The molecule has 0 atom stereocenters. The van der Waals surface area contributed by atoms with Gasteiger partial charge in [-0.05, 0) is 24.6 Å². The van der Waals surface area contributed by atoms with Gasteiger partial charge in [-0.2, -0.15) is 22.0 Å². The van der Waals surface area contributed by atoms with Crippen molar-refractivity contribution in [1.82, 2.24) is 0 Å². The maximum atomic E-state index is 12.7. The van der Waals surface area contributed by atoms with Crippen LogP contribution in [0, 0.1) is 6.92 Å². The van der Waals surface area contributed by atoms with E-state index >= 15 is 0 Å². The molecule has 1 amide bonds. The summed E-state index contributed by atoms with van der Waals surface area (Å²) in [7, 11) is 0. The number of carbonyl (C=O) groups excluding carboxylic acids is 1. The van der Waals surface area contributed by atoms with Crippen LogP contribution in [0.5, 0.6) is 0 Å². The van der Waals surface area contributed by atoms with Gasteiger partial charge in [0.1, 0.15) is 0 Å². The number of rotatable bonds is 2. The predicted molar refractivity (Wildman–Crippen MR) is 60.2 cm³/mol. The third-order valence-electron chi connectivity index (χ3n) is 2.23. The summed E-state index contributed by atoms with van der Waals surface area (Å²) in [6.07, 6.45) is -5.97. The molecule has 1 rings (SSSR count). The zero-order valence-corrected chi connectivity index (χ0v) is 10.2. The third-order valence-corrected chi connectivity index (χ3v) is 2.56. The first kappa shape index (κ1) is 15.5. The lowest BCUT2D eigenvalue weighted by atomic mass is 10.1. The first-order chi connectivity index (χ1) is 8.46. The second kappa shape index (κ2) is 4.84. The fourth-order valence-electron chi connectivity index (χ4n) is 1.17. The maximum absolute atomic E-state index is 12.7. The molecular formula is C10H8ClF5N2O. The van der Waals surface area contributed by atoms with Crippen molar-refractivity contribution >= 4 is 28.9 Å². The largest absolute Gasteiger partial charge is 0.463 e. The number of halogens is 6. The monoisotopic (exact) mass is 302 g/mol. The average molecular weight is 303 g/mol. The van der Waals surface area contributed by atoms with Gasteiger partial charge in [-0.15, -0.1) is 0 Å². The molecule has 1 aromatic rings. The number of hydrogen-bond acceptors (Lipinski definition) is 2. The molecule has 0 heterocycles. The van der Waals surface area contributed by atoms with Crippen molar-refractivity contribution in [2.45, 2.75) is 19.0 Å². The standard InChI is InChI=1S/C10H8ClF5N2O/c1-4-2-6(17)5(11)3-7(4)18-8(19)9(12,13)10(14,15)16/h2-3H,17H2,1H3,(H,18,19). The highest BCUT2D eigenvalue weighted by atomic mass is 35.5. The lowest BCUT2D eigenvalue weighted by Gasteiger charge is -2.19. The van der Waals surface area contributed by atoms with Crippen LogP contribution in [0.3, 0.4) is 0 Å². The van der Waals surface area contributed by atoms with Crippen molar-refractivity contribution in [3.05, 3.63) is 22.7 Å². The van der Waals surface area contributed by atoms with Crippen LogP contribution in [0.4, 0.5) is 33.3 Å². The van der Waals surface area contributed by atoms with E-state index in [4.69, 9.17) is 17.3 Å². The Morgan fingerprint density at radius 2 is 1.79 bits per heavy atom. The van der Waals surface area contributed by atoms with Gasteiger partial charge in [-0.25, -0.2) is 0 Å². The van der Waals surface area contributed by atoms with E-state index in [1.54, 1.807) is 0 Å². The van der Waals surface area contributed by atoms with Crippen LogP contribution >= 0.6 is 11.6 Å². The molecule has 0 aromatic heterocycles. The van der Waals surface area contributed by atoms with Gasteiger partial charge in [-0.3, -0.25) is 4.79 Å². The molecule has 0 radical (unpaired) electrons. The molecule has 1 aromatic carbocycles. The smallest absolute Gasteiger partial charge is 0.398 e. The van der Waals surface area contributed by atoms with Crippen LogP contribution in [0.2, 0.25) is 5.02 Å². The minimum absolute atomic E-state index is 0.0729. The van der Waals surface area contributed by atoms with Crippen molar-refractivity contribution in [2.75, 3.05) is 11.1 Å². The number of anilines is 2. The van der Waals surface area contributed by atoms with E-state index in [0.29, 0.717) is 0 Å². The fourth-order valence-corrected chi connectivity index (χ4v) is 1.33. The van der Waals surface area contributed by atoms with Crippen LogP contribution in [0.25, 0.3) is 0 Å². The summed E-state index contributed by atoms with van der Waals surface area (Å²) in [5.74, 6) is -7.98. The van der Waals surface area contributed by atoms with Crippen molar-refractivity contribution < 1.29 is 26.7 Å². The molecule has 0 aliphatic heterocycles. The highest BCUT2D eigenvalue weighted by Crippen LogP contribution is 2.37. The van der Waals surface area contributed by atoms with Crippen LogP contribution in [0.15, 0.2) is 12.1 Å². The van der Waals surface area contributed by atoms with E-state index in [1.165, 1.54) is 18.3 Å². The normalized spacial score (nSPS) is 12.4. The SMILES string of the molecule is Cc1cc(N)c(Cl)cc1NC(=O)C(F)(F)C(F)(F)F. The number of carbonyl (C=O) groups is 1. The number of benzene rings is 1. The van der Waals surface area contributed by atoms with Gasteiger partial charge in [0, 0.05) is 5.69 Å². The van der Waals surface area contributed by atoms with Crippen LogP contribution in [-0.2, 0) is 4.79 Å². The molecule has 0 aliphatic rings. The quantitative estimate of drug-likeness (QED) is 0.650. The fraction of sp³-hybridized carbons (Fsp3) is 0.300. The van der Waals surface area contributed by atoms with Gasteiger partial charge >= 0.3 is 18.0 Å². The van der Waals surface area contributed by atoms with Gasteiger partial charge in [0.05, 0.1) is 10.7 Å². The Kier molecular flexibility index (Phi) is 3.94. The zero-order chi connectivity index (χ0) is 15.0. The number of nitrogens with one attached hydrogen (secondary N) is 1. The Bertz CT molecular complexity index is 515. The Morgan fingerprint density at radius 3 is 2.26 bits per heavy atom. The summed E-state index contributed by atoms with van der Waals surface area (Å²) in [6.45, 7) is 1.37. The van der Waals surface area contributed by atoms with Gasteiger partial charge in [0.2, 0.25) is 0 Å². The van der Waals surface area contributed by atoms with Gasteiger partial charge in [0.15, 0.2) is 0 Å². The summed E-state index contributed by atoms with van der Waals surface area (Å²) in [4.78, 5) is 11.0. The second-order valence-electron chi connectivity index (χ2n) is 3.71. The highest BCUT2D eigenvalue weighted by molar-refractivity contribution is 6.33. The van der Waals surface area contributed by atoms with Crippen LogP contribution < -0.4 is 11.1 Å². The minimum atomic E-state index is -5.97. The molecule has 0 bridgehead atoms. The first-order valence-electron chi connectivity index (χ1n) is 4.78. The van der Waals surface area contributed by atoms with Crippen molar-refractivity contribution in [3.63, 3.8) is 0 Å². The summed E-state index contributed by atoms with van der Waals surface area (Å²) in [5.41, 5.74) is 5.45. The minimum Gasteiger partial charge on any atom is -0.398 e. The highest BCUT2D eigenvalue weighted by Gasteiger charge is 2.63. The Morgan fingerprint density at radius 1 is 1.26 bits per heavy atom. The molecule has 0 saturated heterocycles. The molecule has 9 heteroatoms. The van der Waals surface area contributed by atoms with E-state index in [-0.39, 0.29) is 22.0 Å². The molecule has 3 nitrogen and oxygen atoms in total. The molecular weight excluding hydrogens is 295 g/mol. The van der Waals surface area contributed by atoms with E-state index in [1.807, 2.05) is 0 Å². The van der Waals surface area contributed by atoms with Crippen LogP contribution in [0.1, 0.15) is 5.56 Å². The number of hydrogen-bond donors (Lipinski definition) is 2. The van der Waals surface area contributed by atoms with Crippen molar-refractivity contribution in [2.24, 2.45) is 0 Å². The van der Waals surface area contributed by atoms with E-state index in [9.17, 15) is 26.7 Å². The van der Waals surface area contributed by atoms with Gasteiger partial charge in [0.25, 0.3) is 0 Å². The molecule has 0 spiro atoms. The van der Waals surface area contributed by atoms with Crippen molar-refractivity contribution in [3.8, 4) is 0 Å². The maximum Gasteiger partial charge on any atom is 0.463 e. The molecule has 3 N–H and O–H groups in total. The summed E-state index contributed by atoms with van der Waals surface area (Å²) >= 11 is 5.59. The Labute approximate surface area is 109 Å². The lowest BCUT2D eigenvalue weighted by Crippen LogP contribution is -2.47. The molecule has 0 fully saturated rings. The summed E-state index contributed by atoms with van der Waals surface area (Å²) in [5, 5.41) is 1.40. The molecule has 106 valence electrons. The van der Waals surface area contributed by atoms with Crippen LogP contribution in [-0.4, -0.2) is 18.0 Å². The molecule has 0 saturated carbocycles. The second-order valence-corrected chi connectivity index (χ2v) is 4.12. The topological polar surface area (TPSA) is 55.1 Å². The zero-order valence-electron chi connectivity index (χ0n) is 9.41.